The quantitative estimate of drug-likeness (QED) is 0.160. The molecule has 0 radical (unpaired) electrons. The van der Waals surface area contributed by atoms with Crippen LogP contribution in [0.2, 0.25) is 0 Å². The molecule has 0 saturated carbocycles. The van der Waals surface area contributed by atoms with Gasteiger partial charge in [0.05, 0.1) is 41.9 Å². The second-order valence-electron chi connectivity index (χ2n) is 18.7. The zero-order chi connectivity index (χ0) is 43.4. The minimum Gasteiger partial charge on any atom is -0.488 e. The molecule has 334 valence electrons. The summed E-state index contributed by atoms with van der Waals surface area (Å²) in [6.07, 6.45) is -5.45. The van der Waals surface area contributed by atoms with Crippen molar-refractivity contribution in [1.82, 2.24) is 4.90 Å². The maximum atomic E-state index is 14.6. The van der Waals surface area contributed by atoms with E-state index in [2.05, 4.69) is 0 Å². The van der Waals surface area contributed by atoms with Crippen LogP contribution in [-0.2, 0) is 62.7 Å². The second-order valence-corrected chi connectivity index (χ2v) is 20.3. The van der Waals surface area contributed by atoms with E-state index in [0.717, 1.165) is 17.8 Å². The lowest BCUT2D eigenvalue weighted by Gasteiger charge is -2.49. The van der Waals surface area contributed by atoms with Crippen LogP contribution in [0.1, 0.15) is 100 Å². The summed E-state index contributed by atoms with van der Waals surface area (Å²) >= 11 is 0. The number of cyclic esters (lactones) is 1. The topological polar surface area (TPSA) is 161 Å². The van der Waals surface area contributed by atoms with Gasteiger partial charge < -0.3 is 47.9 Å². The smallest absolute Gasteiger partial charge is 0.311 e. The molecule has 4 saturated heterocycles. The number of aliphatic hydroxyl groups is 1. The van der Waals surface area contributed by atoms with E-state index in [1.54, 1.807) is 45.0 Å². The van der Waals surface area contributed by atoms with E-state index in [1.165, 1.54) is 7.11 Å². The Morgan fingerprint density at radius 2 is 1.64 bits per heavy atom. The first-order valence-electron chi connectivity index (χ1n) is 21.3. The van der Waals surface area contributed by atoms with Gasteiger partial charge in [-0.15, -0.1) is 0 Å². The number of rotatable bonds is 12. The zero-order valence-corrected chi connectivity index (χ0v) is 38.0. The third kappa shape index (κ3) is 9.45. The number of ether oxygens (including phenoxy) is 8. The lowest BCUT2D eigenvalue weighted by atomic mass is 9.79. The van der Waals surface area contributed by atoms with Crippen molar-refractivity contribution in [3.05, 3.63) is 47.2 Å². The van der Waals surface area contributed by atoms with E-state index in [-0.39, 0.29) is 36.3 Å². The Bertz CT molecular complexity index is 1780. The molecule has 1 N–H and O–H groups in total. The molecule has 0 amide bonds. The fourth-order valence-electron chi connectivity index (χ4n) is 10.3. The van der Waals surface area contributed by atoms with E-state index >= 15 is 0 Å². The Hall–Kier alpha value is -2.18. The average molecular weight is 852 g/mol. The fourth-order valence-corrected chi connectivity index (χ4v) is 11.6. The zero-order valence-electron chi connectivity index (χ0n) is 37.2. The molecule has 2 bridgehead atoms. The van der Waals surface area contributed by atoms with E-state index < -0.39 is 93.9 Å². The fraction of sp³-hybridized carbons (Fsp3) is 0.795. The molecule has 1 aromatic rings. The molecule has 1 aromatic carbocycles. The molecule has 14 nitrogen and oxygen atoms in total. The molecule has 0 aromatic heterocycles. The standard InChI is InChI=1S/C44H69NO13S/c1-14-32-44(10,56-32)38-26(4)35-24(2)21-43(9,57-35)37(55-41-34(46)31(45(11)12)20-25(3)51-41)27(5)36(28(6)40(47)54-38)53-33-22-42(8,50-13)39(29(7)52-33)58-59(48,49)23-30-18-16-15-17-19-30/h15-19,25-29,31-34,36-39,41,46H,14,20-23H2,1-13H3/t25-,26+,27+,28-,29+,31+,32-,33?,34-,36+,37-,38-,39+,41?,42-,43-,44-/m1/s1. The minimum atomic E-state index is -4.06. The monoisotopic (exact) mass is 851 g/mol. The van der Waals surface area contributed by atoms with Crippen LogP contribution in [0.4, 0.5) is 0 Å². The van der Waals surface area contributed by atoms with Gasteiger partial charge in [-0.3, -0.25) is 8.98 Å². The number of esters is 1. The minimum absolute atomic E-state index is 0.0741. The number of hydrogen-bond acceptors (Lipinski definition) is 14. The summed E-state index contributed by atoms with van der Waals surface area (Å²) in [5, 5.41) is 11.7. The van der Waals surface area contributed by atoms with Crippen molar-refractivity contribution in [2.75, 3.05) is 21.2 Å². The molecule has 0 aliphatic carbocycles. The molecule has 5 heterocycles. The Morgan fingerprint density at radius 1 is 0.966 bits per heavy atom. The average Bonchev–Trinajstić information content (AvgIpc) is 3.75. The van der Waals surface area contributed by atoms with Gasteiger partial charge in [0.2, 0.25) is 0 Å². The summed E-state index contributed by atoms with van der Waals surface area (Å²) in [5.41, 5.74) is -1.28. The van der Waals surface area contributed by atoms with E-state index in [0.29, 0.717) is 18.4 Å². The van der Waals surface area contributed by atoms with Crippen LogP contribution in [0.15, 0.2) is 41.7 Å². The molecular weight excluding hydrogens is 783 g/mol. The molecule has 59 heavy (non-hydrogen) atoms. The van der Waals surface area contributed by atoms with Crippen molar-refractivity contribution in [2.24, 2.45) is 17.8 Å². The number of fused-ring (bicyclic) bond motifs is 2. The molecule has 2 unspecified atom stereocenters. The Kier molecular flexibility index (Phi) is 13.8. The first kappa shape index (κ1) is 46.3. The van der Waals surface area contributed by atoms with Gasteiger partial charge in [0.25, 0.3) is 10.1 Å². The Labute approximate surface area is 351 Å². The van der Waals surface area contributed by atoms with Gasteiger partial charge in [-0.2, -0.15) is 8.42 Å². The van der Waals surface area contributed by atoms with Crippen molar-refractivity contribution in [1.29, 1.82) is 0 Å². The van der Waals surface area contributed by atoms with Crippen LogP contribution >= 0.6 is 0 Å². The van der Waals surface area contributed by atoms with Crippen LogP contribution in [0.5, 0.6) is 0 Å². The SMILES string of the molecule is CC[C@H]1O[C@@]1(C)[C@@H]1OC(=O)[C@H](C)[C@@H](OC2C[C@@](C)(OC)[C@@H](OS(=O)(=O)Cc3ccccc3)[C@H](C)O2)[C@H](C)[C@@H](OC2O[C@H](C)C[C@H](N(C)C)[C@H]2O)[C@@]2(C)CC(C)=C(O2)[C@@H]1C. The Morgan fingerprint density at radius 3 is 2.25 bits per heavy atom. The Balaban J connectivity index is 1.35. The molecule has 17 atom stereocenters. The van der Waals surface area contributed by atoms with Gasteiger partial charge >= 0.3 is 5.97 Å². The highest BCUT2D eigenvalue weighted by Crippen LogP contribution is 2.52. The molecule has 6 rings (SSSR count). The number of methoxy groups -OCH3 is 1. The van der Waals surface area contributed by atoms with Gasteiger partial charge in [-0.1, -0.05) is 51.1 Å². The highest BCUT2D eigenvalue weighted by molar-refractivity contribution is 7.85. The van der Waals surface area contributed by atoms with Gasteiger partial charge in [0, 0.05) is 31.9 Å². The summed E-state index contributed by atoms with van der Waals surface area (Å²) in [5.74, 6) is -1.86. The normalized spacial score (nSPS) is 44.5. The number of carbonyl (C=O) groups is 1. The summed E-state index contributed by atoms with van der Waals surface area (Å²) in [4.78, 5) is 16.6. The maximum Gasteiger partial charge on any atom is 0.311 e. The van der Waals surface area contributed by atoms with Gasteiger partial charge in [-0.05, 0) is 86.5 Å². The predicted octanol–water partition coefficient (Wildman–Crippen LogP) is 5.49. The molecule has 5 aliphatic heterocycles. The van der Waals surface area contributed by atoms with Crippen molar-refractivity contribution < 1.29 is 60.4 Å². The number of likely N-dealkylation sites (N-methyl/N-ethyl adjacent to an activating group) is 1. The van der Waals surface area contributed by atoms with E-state index in [4.69, 9.17) is 42.1 Å². The molecule has 4 fully saturated rings. The highest BCUT2D eigenvalue weighted by Gasteiger charge is 2.63. The number of hydrogen-bond donors (Lipinski definition) is 1. The number of nitrogens with zero attached hydrogens (tertiary/aromatic N) is 1. The summed E-state index contributed by atoms with van der Waals surface area (Å²) < 4.78 is 85.2. The van der Waals surface area contributed by atoms with Crippen molar-refractivity contribution >= 4 is 16.1 Å². The molecule has 5 aliphatic rings. The highest BCUT2D eigenvalue weighted by atomic mass is 32.2. The summed E-state index contributed by atoms with van der Waals surface area (Å²) in [6.45, 7) is 19.3. The lowest BCUT2D eigenvalue weighted by molar-refractivity contribution is -0.314. The van der Waals surface area contributed by atoms with Crippen LogP contribution in [0.3, 0.4) is 0 Å². The largest absolute Gasteiger partial charge is 0.488 e. The van der Waals surface area contributed by atoms with Gasteiger partial charge in [0.1, 0.15) is 47.1 Å². The van der Waals surface area contributed by atoms with Crippen molar-refractivity contribution in [3.63, 3.8) is 0 Å². The van der Waals surface area contributed by atoms with E-state index in [9.17, 15) is 18.3 Å². The number of benzene rings is 1. The number of carbonyl (C=O) groups excluding carboxylic acids is 1. The van der Waals surface area contributed by atoms with Crippen LogP contribution in [0, 0.1) is 17.8 Å². The van der Waals surface area contributed by atoms with Crippen molar-refractivity contribution in [3.8, 4) is 0 Å². The first-order valence-corrected chi connectivity index (χ1v) is 22.9. The second kappa shape index (κ2) is 17.5. The van der Waals surface area contributed by atoms with Crippen LogP contribution in [0.25, 0.3) is 0 Å². The van der Waals surface area contributed by atoms with Crippen LogP contribution in [-0.4, -0.2) is 130 Å². The van der Waals surface area contributed by atoms with Crippen LogP contribution < -0.4 is 0 Å². The first-order chi connectivity index (χ1) is 27.6. The molecular formula is C44H69NO13S. The predicted molar refractivity (Wildman–Crippen MR) is 218 cm³/mol. The van der Waals surface area contributed by atoms with Gasteiger partial charge in [-0.25, -0.2) is 0 Å². The third-order valence-electron chi connectivity index (χ3n) is 13.6. The summed E-state index contributed by atoms with van der Waals surface area (Å²) in [6, 6.07) is 8.60. The summed E-state index contributed by atoms with van der Waals surface area (Å²) in [7, 11) is 1.30. The van der Waals surface area contributed by atoms with E-state index in [1.807, 2.05) is 73.5 Å². The number of epoxide rings is 1. The van der Waals surface area contributed by atoms with Gasteiger partial charge in [0.15, 0.2) is 12.6 Å². The third-order valence-corrected chi connectivity index (χ3v) is 14.8. The molecule has 15 heteroatoms. The number of aliphatic hydroxyl groups excluding tert-OH is 1. The van der Waals surface area contributed by atoms with Crippen molar-refractivity contribution in [2.45, 2.75) is 185 Å². The maximum absolute atomic E-state index is 14.6. The molecule has 0 spiro atoms. The lowest BCUT2D eigenvalue weighted by Crippen LogP contribution is -2.60.